The number of aliphatic carboxylic acids is 1. The molecule has 1 aliphatic heterocycles. The Labute approximate surface area is 133 Å². The second-order valence-corrected chi connectivity index (χ2v) is 5.77. The lowest BCUT2D eigenvalue weighted by atomic mass is 9.93. The SMILES string of the molecule is CC1CCC(C(=O)O)CN1C(=O)c1ncn(-c2ccccc2)n1. The maximum atomic E-state index is 12.6. The Hall–Kier alpha value is -2.70. The summed E-state index contributed by atoms with van der Waals surface area (Å²) >= 11 is 0. The highest BCUT2D eigenvalue weighted by molar-refractivity contribution is 5.91. The normalized spacial score (nSPS) is 21.2. The number of aromatic nitrogens is 3. The topological polar surface area (TPSA) is 88.3 Å². The van der Waals surface area contributed by atoms with E-state index in [9.17, 15) is 14.7 Å². The molecule has 1 amide bonds. The molecule has 1 fully saturated rings. The van der Waals surface area contributed by atoms with Crippen molar-refractivity contribution in [3.8, 4) is 5.69 Å². The largest absolute Gasteiger partial charge is 0.481 e. The molecule has 0 aliphatic carbocycles. The van der Waals surface area contributed by atoms with Gasteiger partial charge in [-0.25, -0.2) is 9.67 Å². The van der Waals surface area contributed by atoms with E-state index < -0.39 is 11.9 Å². The van der Waals surface area contributed by atoms with Gasteiger partial charge in [0.05, 0.1) is 11.6 Å². The Morgan fingerprint density at radius 1 is 1.22 bits per heavy atom. The molecule has 1 aromatic carbocycles. The van der Waals surface area contributed by atoms with Crippen molar-refractivity contribution < 1.29 is 14.7 Å². The van der Waals surface area contributed by atoms with Crippen molar-refractivity contribution in [2.75, 3.05) is 6.54 Å². The first-order chi connectivity index (χ1) is 11.1. The number of hydrogen-bond donors (Lipinski definition) is 1. The predicted octanol–water partition coefficient (Wildman–Crippen LogP) is 1.59. The molecule has 3 rings (SSSR count). The first kappa shape index (κ1) is 15.2. The number of nitrogens with zero attached hydrogens (tertiary/aromatic N) is 4. The molecule has 0 spiro atoms. The van der Waals surface area contributed by atoms with E-state index >= 15 is 0 Å². The van der Waals surface area contributed by atoms with Crippen molar-refractivity contribution >= 4 is 11.9 Å². The van der Waals surface area contributed by atoms with Crippen molar-refractivity contribution in [3.63, 3.8) is 0 Å². The highest BCUT2D eigenvalue weighted by Crippen LogP contribution is 2.23. The van der Waals surface area contributed by atoms with Gasteiger partial charge in [0, 0.05) is 12.6 Å². The second-order valence-electron chi connectivity index (χ2n) is 5.77. The van der Waals surface area contributed by atoms with Crippen LogP contribution in [-0.2, 0) is 4.79 Å². The van der Waals surface area contributed by atoms with Crippen LogP contribution in [0.25, 0.3) is 5.69 Å². The number of likely N-dealkylation sites (tertiary alicyclic amines) is 1. The number of amides is 1. The van der Waals surface area contributed by atoms with Gasteiger partial charge in [-0.05, 0) is 31.9 Å². The number of rotatable bonds is 3. The fourth-order valence-corrected chi connectivity index (χ4v) is 2.79. The van der Waals surface area contributed by atoms with Crippen molar-refractivity contribution in [1.29, 1.82) is 0 Å². The molecule has 2 heterocycles. The van der Waals surface area contributed by atoms with E-state index in [4.69, 9.17) is 0 Å². The van der Waals surface area contributed by atoms with Crippen LogP contribution >= 0.6 is 0 Å². The van der Waals surface area contributed by atoms with Crippen molar-refractivity contribution in [1.82, 2.24) is 19.7 Å². The van der Waals surface area contributed by atoms with Crippen molar-refractivity contribution in [2.45, 2.75) is 25.8 Å². The molecule has 23 heavy (non-hydrogen) atoms. The van der Waals surface area contributed by atoms with Crippen LogP contribution in [0.3, 0.4) is 0 Å². The molecule has 2 aromatic rings. The van der Waals surface area contributed by atoms with Crippen LogP contribution in [0, 0.1) is 5.92 Å². The summed E-state index contributed by atoms with van der Waals surface area (Å²) in [6.45, 7) is 2.12. The van der Waals surface area contributed by atoms with Crippen LogP contribution in [0.4, 0.5) is 0 Å². The van der Waals surface area contributed by atoms with Gasteiger partial charge in [0.15, 0.2) is 0 Å². The van der Waals surface area contributed by atoms with Gasteiger partial charge in [0.2, 0.25) is 5.82 Å². The number of carbonyl (C=O) groups is 2. The zero-order valence-corrected chi connectivity index (χ0v) is 12.8. The summed E-state index contributed by atoms with van der Waals surface area (Å²) in [4.78, 5) is 29.4. The molecule has 1 aromatic heterocycles. The van der Waals surface area contributed by atoms with E-state index in [1.54, 1.807) is 4.90 Å². The lowest BCUT2D eigenvalue weighted by molar-refractivity contribution is -0.143. The van der Waals surface area contributed by atoms with Gasteiger partial charge < -0.3 is 10.0 Å². The van der Waals surface area contributed by atoms with Crippen LogP contribution in [0.1, 0.15) is 30.4 Å². The number of carboxylic acid groups (broad SMARTS) is 1. The van der Waals surface area contributed by atoms with Crippen LogP contribution < -0.4 is 0 Å². The fraction of sp³-hybridized carbons (Fsp3) is 0.375. The van der Waals surface area contributed by atoms with E-state index in [0.717, 1.165) is 5.69 Å². The summed E-state index contributed by atoms with van der Waals surface area (Å²) in [6, 6.07) is 9.38. The zero-order chi connectivity index (χ0) is 16.4. The summed E-state index contributed by atoms with van der Waals surface area (Å²) < 4.78 is 1.54. The Morgan fingerprint density at radius 2 is 1.96 bits per heavy atom. The molecule has 2 unspecified atom stereocenters. The Morgan fingerprint density at radius 3 is 2.65 bits per heavy atom. The first-order valence-corrected chi connectivity index (χ1v) is 7.57. The van der Waals surface area contributed by atoms with Gasteiger partial charge >= 0.3 is 5.97 Å². The van der Waals surface area contributed by atoms with E-state index in [1.165, 1.54) is 11.0 Å². The highest BCUT2D eigenvalue weighted by Gasteiger charge is 2.34. The van der Waals surface area contributed by atoms with Gasteiger partial charge in [-0.1, -0.05) is 18.2 Å². The number of hydrogen-bond acceptors (Lipinski definition) is 4. The van der Waals surface area contributed by atoms with Crippen LogP contribution in [0.2, 0.25) is 0 Å². The minimum Gasteiger partial charge on any atom is -0.481 e. The molecule has 2 atom stereocenters. The van der Waals surface area contributed by atoms with E-state index in [-0.39, 0.29) is 24.3 Å². The molecule has 0 saturated carbocycles. The molecule has 1 aliphatic rings. The third-order valence-electron chi connectivity index (χ3n) is 4.20. The van der Waals surface area contributed by atoms with Gasteiger partial charge in [-0.3, -0.25) is 9.59 Å². The Balaban J connectivity index is 1.80. The van der Waals surface area contributed by atoms with E-state index in [1.807, 2.05) is 37.3 Å². The number of para-hydroxylation sites is 1. The summed E-state index contributed by atoms with van der Waals surface area (Å²) in [5, 5.41) is 13.4. The maximum Gasteiger partial charge on any atom is 0.308 e. The smallest absolute Gasteiger partial charge is 0.308 e. The summed E-state index contributed by atoms with van der Waals surface area (Å²) in [5.41, 5.74) is 0.814. The molecule has 1 saturated heterocycles. The molecule has 0 bridgehead atoms. The quantitative estimate of drug-likeness (QED) is 0.929. The number of piperidine rings is 1. The predicted molar refractivity (Wildman–Crippen MR) is 82.2 cm³/mol. The number of carboxylic acids is 1. The highest BCUT2D eigenvalue weighted by atomic mass is 16.4. The van der Waals surface area contributed by atoms with Gasteiger partial charge in [0.1, 0.15) is 6.33 Å². The van der Waals surface area contributed by atoms with Crippen LogP contribution in [0.15, 0.2) is 36.7 Å². The summed E-state index contributed by atoms with van der Waals surface area (Å²) in [5.74, 6) is -1.62. The average Bonchev–Trinajstić information content (AvgIpc) is 3.05. The standard InChI is InChI=1S/C16H18N4O3/c1-11-7-8-12(16(22)23)9-19(11)15(21)14-17-10-20(18-14)13-5-3-2-4-6-13/h2-6,10-12H,7-9H2,1H3,(H,22,23). The maximum absolute atomic E-state index is 12.6. The summed E-state index contributed by atoms with van der Waals surface area (Å²) in [7, 11) is 0. The second kappa shape index (κ2) is 6.20. The van der Waals surface area contributed by atoms with Crippen LogP contribution in [-0.4, -0.2) is 49.2 Å². The third-order valence-corrected chi connectivity index (χ3v) is 4.20. The molecule has 1 N–H and O–H groups in total. The average molecular weight is 314 g/mol. The number of benzene rings is 1. The minimum absolute atomic E-state index is 0.0122. The molecular weight excluding hydrogens is 296 g/mol. The van der Waals surface area contributed by atoms with Gasteiger partial charge in [0.25, 0.3) is 5.91 Å². The molecule has 7 nitrogen and oxygen atoms in total. The lowest BCUT2D eigenvalue weighted by Crippen LogP contribution is -2.47. The lowest BCUT2D eigenvalue weighted by Gasteiger charge is -2.35. The van der Waals surface area contributed by atoms with Crippen molar-refractivity contribution in [2.24, 2.45) is 5.92 Å². The molecular formula is C16H18N4O3. The monoisotopic (exact) mass is 314 g/mol. The van der Waals surface area contributed by atoms with E-state index in [0.29, 0.717) is 12.8 Å². The zero-order valence-electron chi connectivity index (χ0n) is 12.8. The molecule has 120 valence electrons. The third kappa shape index (κ3) is 3.08. The van der Waals surface area contributed by atoms with Gasteiger partial charge in [-0.2, -0.15) is 0 Å². The first-order valence-electron chi connectivity index (χ1n) is 7.57. The number of carbonyl (C=O) groups excluding carboxylic acids is 1. The minimum atomic E-state index is -0.863. The Bertz CT molecular complexity index is 713. The molecule has 7 heteroatoms. The fourth-order valence-electron chi connectivity index (χ4n) is 2.79. The Kier molecular flexibility index (Phi) is 4.10. The van der Waals surface area contributed by atoms with Crippen LogP contribution in [0.5, 0.6) is 0 Å². The molecule has 0 radical (unpaired) electrons. The summed E-state index contributed by atoms with van der Waals surface area (Å²) in [6.07, 6.45) is 2.75. The van der Waals surface area contributed by atoms with Gasteiger partial charge in [-0.15, -0.1) is 5.10 Å². The van der Waals surface area contributed by atoms with Crippen molar-refractivity contribution in [3.05, 3.63) is 42.5 Å². The van der Waals surface area contributed by atoms with E-state index in [2.05, 4.69) is 10.1 Å².